The standard InChI is InChI=1S/C18H18ClN3O2S/c1-3-21(9-13-7-8-15(19)25-13)16(23)10-22-11-20-17-12(2)5-4-6-14(17)18(22)24/h4-8,11H,3,9-10H2,1-2H3. The van der Waals surface area contributed by atoms with Crippen molar-refractivity contribution in [3.63, 3.8) is 0 Å². The van der Waals surface area contributed by atoms with Crippen LogP contribution in [0.1, 0.15) is 17.4 Å². The molecule has 2 aromatic heterocycles. The van der Waals surface area contributed by atoms with E-state index in [4.69, 9.17) is 11.6 Å². The minimum atomic E-state index is -0.197. The molecule has 3 rings (SSSR count). The van der Waals surface area contributed by atoms with E-state index in [9.17, 15) is 9.59 Å². The van der Waals surface area contributed by atoms with Crippen LogP contribution < -0.4 is 5.56 Å². The molecule has 0 atom stereocenters. The lowest BCUT2D eigenvalue weighted by Crippen LogP contribution is -2.36. The largest absolute Gasteiger partial charge is 0.336 e. The zero-order valence-electron chi connectivity index (χ0n) is 14.0. The third-order valence-electron chi connectivity index (χ3n) is 4.07. The minimum absolute atomic E-state index is 0.0251. The molecule has 1 amide bonds. The van der Waals surface area contributed by atoms with Crippen LogP contribution >= 0.6 is 22.9 Å². The van der Waals surface area contributed by atoms with Crippen molar-refractivity contribution in [2.45, 2.75) is 26.9 Å². The Bertz CT molecular complexity index is 980. The summed E-state index contributed by atoms with van der Waals surface area (Å²) in [6, 6.07) is 9.21. The molecule has 1 aromatic carbocycles. The van der Waals surface area contributed by atoms with E-state index < -0.39 is 0 Å². The van der Waals surface area contributed by atoms with Gasteiger partial charge in [0.15, 0.2) is 0 Å². The Balaban J connectivity index is 1.83. The highest BCUT2D eigenvalue weighted by atomic mass is 35.5. The predicted octanol–water partition coefficient (Wildman–Crippen LogP) is 3.47. The number of fused-ring (bicyclic) bond motifs is 1. The van der Waals surface area contributed by atoms with Crippen LogP contribution in [0, 0.1) is 6.92 Å². The van der Waals surface area contributed by atoms with Crippen LogP contribution in [0.25, 0.3) is 10.9 Å². The zero-order chi connectivity index (χ0) is 18.0. The number of hydrogen-bond donors (Lipinski definition) is 0. The number of rotatable bonds is 5. The first-order valence-corrected chi connectivity index (χ1v) is 9.15. The number of benzene rings is 1. The fourth-order valence-corrected chi connectivity index (χ4v) is 3.80. The average Bonchev–Trinajstić information content (AvgIpc) is 3.00. The molecule has 0 aliphatic carbocycles. The topological polar surface area (TPSA) is 55.2 Å². The molecular weight excluding hydrogens is 358 g/mol. The number of carbonyl (C=O) groups is 1. The molecule has 0 saturated carbocycles. The lowest BCUT2D eigenvalue weighted by atomic mass is 10.1. The van der Waals surface area contributed by atoms with Crippen molar-refractivity contribution in [1.82, 2.24) is 14.5 Å². The third kappa shape index (κ3) is 3.75. The van der Waals surface area contributed by atoms with Crippen molar-refractivity contribution in [1.29, 1.82) is 0 Å². The predicted molar refractivity (Wildman–Crippen MR) is 101 cm³/mol. The van der Waals surface area contributed by atoms with Crippen molar-refractivity contribution < 1.29 is 4.79 Å². The Morgan fingerprint density at radius 3 is 2.80 bits per heavy atom. The van der Waals surface area contributed by atoms with E-state index in [2.05, 4.69) is 4.98 Å². The average molecular weight is 376 g/mol. The monoisotopic (exact) mass is 375 g/mol. The molecule has 0 spiro atoms. The molecule has 0 aliphatic heterocycles. The van der Waals surface area contributed by atoms with Crippen LogP contribution in [0.3, 0.4) is 0 Å². The van der Waals surface area contributed by atoms with Gasteiger partial charge in [0.25, 0.3) is 5.56 Å². The van der Waals surface area contributed by atoms with Gasteiger partial charge in [0.2, 0.25) is 5.91 Å². The minimum Gasteiger partial charge on any atom is -0.336 e. The van der Waals surface area contributed by atoms with Gasteiger partial charge in [-0.1, -0.05) is 23.7 Å². The maximum absolute atomic E-state index is 12.6. The Morgan fingerprint density at radius 1 is 1.32 bits per heavy atom. The quantitative estimate of drug-likeness (QED) is 0.686. The highest BCUT2D eigenvalue weighted by Gasteiger charge is 2.15. The summed E-state index contributed by atoms with van der Waals surface area (Å²) < 4.78 is 2.07. The first-order chi connectivity index (χ1) is 12.0. The van der Waals surface area contributed by atoms with Crippen LogP contribution in [0.15, 0.2) is 41.5 Å². The van der Waals surface area contributed by atoms with Crippen LogP contribution in [-0.2, 0) is 17.9 Å². The maximum Gasteiger partial charge on any atom is 0.261 e. The number of thiophene rings is 1. The van der Waals surface area contributed by atoms with Crippen LogP contribution in [-0.4, -0.2) is 26.9 Å². The molecule has 0 aliphatic rings. The normalized spacial score (nSPS) is 11.0. The summed E-state index contributed by atoms with van der Waals surface area (Å²) in [6.45, 7) is 4.85. The third-order valence-corrected chi connectivity index (χ3v) is 5.29. The molecule has 0 radical (unpaired) electrons. The van der Waals surface area contributed by atoms with E-state index in [0.29, 0.717) is 28.3 Å². The molecule has 2 heterocycles. The summed E-state index contributed by atoms with van der Waals surface area (Å²) in [4.78, 5) is 32.3. The second kappa shape index (κ2) is 7.37. The van der Waals surface area contributed by atoms with Gasteiger partial charge in [-0.15, -0.1) is 11.3 Å². The summed E-state index contributed by atoms with van der Waals surface area (Å²) in [5.41, 5.74) is 1.42. The number of aryl methyl sites for hydroxylation is 1. The van der Waals surface area contributed by atoms with Crippen LogP contribution in [0.2, 0.25) is 4.34 Å². The molecule has 130 valence electrons. The van der Waals surface area contributed by atoms with Gasteiger partial charge in [0, 0.05) is 11.4 Å². The van der Waals surface area contributed by atoms with Gasteiger partial charge < -0.3 is 4.90 Å². The van der Waals surface area contributed by atoms with Gasteiger partial charge in [-0.2, -0.15) is 0 Å². The second-order valence-electron chi connectivity index (χ2n) is 5.76. The maximum atomic E-state index is 12.6. The molecule has 3 aromatic rings. The van der Waals surface area contributed by atoms with Gasteiger partial charge in [-0.05, 0) is 37.6 Å². The molecule has 0 fully saturated rings. The highest BCUT2D eigenvalue weighted by Crippen LogP contribution is 2.22. The summed E-state index contributed by atoms with van der Waals surface area (Å²) in [5, 5.41) is 0.531. The second-order valence-corrected chi connectivity index (χ2v) is 7.56. The van der Waals surface area contributed by atoms with Gasteiger partial charge in [0.1, 0.15) is 6.54 Å². The summed E-state index contributed by atoms with van der Waals surface area (Å²) >= 11 is 7.40. The van der Waals surface area contributed by atoms with Gasteiger partial charge >= 0.3 is 0 Å². The number of aromatic nitrogens is 2. The fraction of sp³-hybridized carbons (Fsp3) is 0.278. The van der Waals surface area contributed by atoms with Crippen molar-refractivity contribution in [3.8, 4) is 0 Å². The van der Waals surface area contributed by atoms with Gasteiger partial charge in [0.05, 0.1) is 28.1 Å². The molecule has 0 unspecified atom stereocenters. The lowest BCUT2D eigenvalue weighted by molar-refractivity contribution is -0.132. The highest BCUT2D eigenvalue weighted by molar-refractivity contribution is 7.16. The van der Waals surface area contributed by atoms with E-state index in [-0.39, 0.29) is 18.0 Å². The number of nitrogens with zero attached hydrogens (tertiary/aromatic N) is 3. The molecule has 0 saturated heterocycles. The van der Waals surface area contributed by atoms with E-state index in [1.807, 2.05) is 38.1 Å². The van der Waals surface area contributed by atoms with Crippen LogP contribution in [0.4, 0.5) is 0 Å². The molecule has 0 N–H and O–H groups in total. The molecule has 25 heavy (non-hydrogen) atoms. The van der Waals surface area contributed by atoms with Gasteiger partial charge in [-0.25, -0.2) is 4.98 Å². The van der Waals surface area contributed by atoms with Crippen molar-refractivity contribution in [2.24, 2.45) is 0 Å². The number of likely N-dealkylation sites (N-methyl/N-ethyl adjacent to an activating group) is 1. The van der Waals surface area contributed by atoms with E-state index in [1.54, 1.807) is 11.0 Å². The number of amides is 1. The number of halogens is 1. The smallest absolute Gasteiger partial charge is 0.261 e. The molecule has 5 nitrogen and oxygen atoms in total. The van der Waals surface area contributed by atoms with Crippen molar-refractivity contribution >= 4 is 39.7 Å². The Morgan fingerprint density at radius 2 is 2.12 bits per heavy atom. The summed E-state index contributed by atoms with van der Waals surface area (Å²) in [5.74, 6) is -0.122. The van der Waals surface area contributed by atoms with Crippen LogP contribution in [0.5, 0.6) is 0 Å². The van der Waals surface area contributed by atoms with E-state index >= 15 is 0 Å². The number of carbonyl (C=O) groups excluding carboxylic acids is 1. The number of hydrogen-bond acceptors (Lipinski definition) is 4. The lowest BCUT2D eigenvalue weighted by Gasteiger charge is -2.20. The SMILES string of the molecule is CCN(Cc1ccc(Cl)s1)C(=O)Cn1cnc2c(C)cccc2c1=O. The van der Waals surface area contributed by atoms with Gasteiger partial charge in [-0.3, -0.25) is 14.2 Å². The Labute approximate surface area is 154 Å². The molecule has 7 heteroatoms. The molecular formula is C18H18ClN3O2S. The van der Waals surface area contributed by atoms with E-state index in [0.717, 1.165) is 10.4 Å². The fourth-order valence-electron chi connectivity index (χ4n) is 2.70. The summed E-state index contributed by atoms with van der Waals surface area (Å²) in [6.07, 6.45) is 1.45. The summed E-state index contributed by atoms with van der Waals surface area (Å²) in [7, 11) is 0. The van der Waals surface area contributed by atoms with E-state index in [1.165, 1.54) is 22.2 Å². The van der Waals surface area contributed by atoms with Crippen molar-refractivity contribution in [3.05, 3.63) is 61.8 Å². The first kappa shape index (κ1) is 17.6. The van der Waals surface area contributed by atoms with Crippen molar-refractivity contribution in [2.75, 3.05) is 6.54 Å². The first-order valence-electron chi connectivity index (χ1n) is 7.96. The molecule has 0 bridgehead atoms. The Hall–Kier alpha value is -2.18. The zero-order valence-corrected chi connectivity index (χ0v) is 15.6. The Kier molecular flexibility index (Phi) is 5.20. The number of para-hydroxylation sites is 1.